The summed E-state index contributed by atoms with van der Waals surface area (Å²) >= 11 is 0. The van der Waals surface area contributed by atoms with Crippen LogP contribution in [0.3, 0.4) is 0 Å². The topological polar surface area (TPSA) is 37.3 Å². The molecule has 14 heavy (non-hydrogen) atoms. The zero-order valence-electron chi connectivity index (χ0n) is 9.29. The predicted octanol–water partition coefficient (Wildman–Crippen LogP) is 3.09. The predicted molar refractivity (Wildman–Crippen MR) is 57.1 cm³/mol. The van der Waals surface area contributed by atoms with Gasteiger partial charge in [0.1, 0.15) is 0 Å². The summed E-state index contributed by atoms with van der Waals surface area (Å²) in [5, 5.41) is 8.72. The molecule has 80 valence electrons. The summed E-state index contributed by atoms with van der Waals surface area (Å²) in [5.74, 6) is 0.177. The van der Waals surface area contributed by atoms with Crippen molar-refractivity contribution >= 4 is 5.97 Å². The van der Waals surface area contributed by atoms with Gasteiger partial charge in [-0.1, -0.05) is 32.9 Å². The summed E-state index contributed by atoms with van der Waals surface area (Å²) in [6.45, 7) is 6.69. The van der Waals surface area contributed by atoms with Gasteiger partial charge >= 0.3 is 5.97 Å². The summed E-state index contributed by atoms with van der Waals surface area (Å²) in [6, 6.07) is 0. The largest absolute Gasteiger partial charge is 0.481 e. The molecule has 2 nitrogen and oxygen atoms in total. The molecular weight excluding hydrogens is 176 g/mol. The van der Waals surface area contributed by atoms with Gasteiger partial charge in [-0.05, 0) is 30.1 Å². The zero-order valence-corrected chi connectivity index (χ0v) is 9.29. The number of rotatable bonds is 2. The highest BCUT2D eigenvalue weighted by molar-refractivity contribution is 5.67. The molecule has 0 aliphatic heterocycles. The van der Waals surface area contributed by atoms with Gasteiger partial charge in [-0.25, -0.2) is 0 Å². The second kappa shape index (κ2) is 4.16. The Bertz CT molecular complexity index is 235. The number of carboxylic acid groups (broad SMARTS) is 1. The molecule has 2 atom stereocenters. The van der Waals surface area contributed by atoms with Crippen molar-refractivity contribution in [1.82, 2.24) is 0 Å². The molecule has 0 aromatic carbocycles. The minimum absolute atomic E-state index is 0.241. The molecule has 0 radical (unpaired) electrons. The van der Waals surface area contributed by atoms with Gasteiger partial charge in [0, 0.05) is 0 Å². The summed E-state index contributed by atoms with van der Waals surface area (Å²) in [7, 11) is 0. The molecule has 0 saturated carbocycles. The van der Waals surface area contributed by atoms with E-state index in [0.717, 1.165) is 12.8 Å². The standard InChI is InChI=1S/C12H20O2/c1-12(2,3)10-6-4-5-9(7-10)8-11(13)14/h4-5,9-10H,6-8H2,1-3H3,(H,13,14)/t9-,10+/m0/s1. The monoisotopic (exact) mass is 196 g/mol. The van der Waals surface area contributed by atoms with E-state index in [0.29, 0.717) is 11.3 Å². The highest BCUT2D eigenvalue weighted by Gasteiger charge is 2.28. The Morgan fingerprint density at radius 3 is 2.64 bits per heavy atom. The number of allylic oxidation sites excluding steroid dienone is 2. The first-order valence-corrected chi connectivity index (χ1v) is 5.28. The van der Waals surface area contributed by atoms with Gasteiger partial charge in [0.2, 0.25) is 0 Å². The van der Waals surface area contributed by atoms with Crippen LogP contribution in [0.1, 0.15) is 40.0 Å². The molecule has 0 unspecified atom stereocenters. The van der Waals surface area contributed by atoms with Crippen molar-refractivity contribution in [2.75, 3.05) is 0 Å². The number of carboxylic acids is 1. The Kier molecular flexibility index (Phi) is 3.35. The third kappa shape index (κ3) is 3.17. The molecular formula is C12H20O2. The lowest BCUT2D eigenvalue weighted by atomic mass is 9.71. The first-order valence-electron chi connectivity index (χ1n) is 5.28. The molecule has 1 aliphatic rings. The van der Waals surface area contributed by atoms with E-state index in [1.165, 1.54) is 0 Å². The van der Waals surface area contributed by atoms with Crippen LogP contribution in [-0.2, 0) is 4.79 Å². The van der Waals surface area contributed by atoms with Gasteiger partial charge < -0.3 is 5.11 Å². The minimum Gasteiger partial charge on any atom is -0.481 e. The van der Waals surface area contributed by atoms with Crippen LogP contribution in [0.25, 0.3) is 0 Å². The Hall–Kier alpha value is -0.790. The van der Waals surface area contributed by atoms with Crippen molar-refractivity contribution in [3.05, 3.63) is 12.2 Å². The van der Waals surface area contributed by atoms with Gasteiger partial charge in [-0.15, -0.1) is 0 Å². The minimum atomic E-state index is -0.686. The van der Waals surface area contributed by atoms with E-state index in [2.05, 4.69) is 32.9 Å². The SMILES string of the molecule is CC(C)(C)[C@@H]1CC=C[C@H](CC(=O)O)C1. The molecule has 1 N–H and O–H groups in total. The van der Waals surface area contributed by atoms with E-state index in [1.807, 2.05) is 0 Å². The van der Waals surface area contributed by atoms with E-state index in [9.17, 15) is 4.79 Å². The van der Waals surface area contributed by atoms with E-state index < -0.39 is 5.97 Å². The number of hydrogen-bond donors (Lipinski definition) is 1. The summed E-state index contributed by atoms with van der Waals surface area (Å²) < 4.78 is 0. The average molecular weight is 196 g/mol. The van der Waals surface area contributed by atoms with Crippen molar-refractivity contribution < 1.29 is 9.90 Å². The molecule has 0 heterocycles. The van der Waals surface area contributed by atoms with Crippen LogP contribution in [0.15, 0.2) is 12.2 Å². The average Bonchev–Trinajstić information content (AvgIpc) is 2.01. The van der Waals surface area contributed by atoms with E-state index in [-0.39, 0.29) is 12.3 Å². The normalized spacial score (nSPS) is 27.6. The van der Waals surface area contributed by atoms with Crippen molar-refractivity contribution in [2.24, 2.45) is 17.3 Å². The highest BCUT2D eigenvalue weighted by atomic mass is 16.4. The fourth-order valence-electron chi connectivity index (χ4n) is 2.06. The second-order valence-corrected chi connectivity index (χ2v) is 5.32. The summed E-state index contributed by atoms with van der Waals surface area (Å²) in [5.41, 5.74) is 0.293. The van der Waals surface area contributed by atoms with Crippen LogP contribution in [0, 0.1) is 17.3 Å². The molecule has 1 aliphatic carbocycles. The van der Waals surface area contributed by atoms with Crippen LogP contribution in [0.4, 0.5) is 0 Å². The van der Waals surface area contributed by atoms with Crippen LogP contribution >= 0.6 is 0 Å². The van der Waals surface area contributed by atoms with Gasteiger partial charge in [-0.2, -0.15) is 0 Å². The Morgan fingerprint density at radius 1 is 1.50 bits per heavy atom. The molecule has 0 bridgehead atoms. The van der Waals surface area contributed by atoms with E-state index in [1.54, 1.807) is 0 Å². The summed E-state index contributed by atoms with van der Waals surface area (Å²) in [4.78, 5) is 10.6. The Balaban J connectivity index is 2.56. The van der Waals surface area contributed by atoms with Crippen molar-refractivity contribution in [3.63, 3.8) is 0 Å². The molecule has 2 heteroatoms. The zero-order chi connectivity index (χ0) is 10.8. The second-order valence-electron chi connectivity index (χ2n) is 5.32. The third-order valence-corrected chi connectivity index (χ3v) is 3.08. The van der Waals surface area contributed by atoms with Crippen LogP contribution < -0.4 is 0 Å². The number of carbonyl (C=O) groups is 1. The van der Waals surface area contributed by atoms with E-state index in [4.69, 9.17) is 5.11 Å². The van der Waals surface area contributed by atoms with Crippen LogP contribution in [-0.4, -0.2) is 11.1 Å². The number of aliphatic carboxylic acids is 1. The molecule has 0 saturated heterocycles. The van der Waals surface area contributed by atoms with Crippen LogP contribution in [0.5, 0.6) is 0 Å². The molecule has 0 aromatic heterocycles. The molecule has 1 rings (SSSR count). The van der Waals surface area contributed by atoms with E-state index >= 15 is 0 Å². The first kappa shape index (κ1) is 11.3. The molecule has 0 spiro atoms. The fraction of sp³-hybridized carbons (Fsp3) is 0.750. The molecule has 0 amide bonds. The maximum Gasteiger partial charge on any atom is 0.303 e. The first-order chi connectivity index (χ1) is 6.39. The van der Waals surface area contributed by atoms with Crippen molar-refractivity contribution in [3.8, 4) is 0 Å². The fourth-order valence-corrected chi connectivity index (χ4v) is 2.06. The smallest absolute Gasteiger partial charge is 0.303 e. The highest BCUT2D eigenvalue weighted by Crippen LogP contribution is 2.38. The van der Waals surface area contributed by atoms with Gasteiger partial charge in [0.15, 0.2) is 0 Å². The quantitative estimate of drug-likeness (QED) is 0.689. The lowest BCUT2D eigenvalue weighted by Crippen LogP contribution is -2.25. The van der Waals surface area contributed by atoms with Crippen molar-refractivity contribution in [2.45, 2.75) is 40.0 Å². The summed E-state index contributed by atoms with van der Waals surface area (Å²) in [6.07, 6.45) is 6.61. The molecule has 0 fully saturated rings. The van der Waals surface area contributed by atoms with Crippen LogP contribution in [0.2, 0.25) is 0 Å². The maximum absolute atomic E-state index is 10.6. The van der Waals surface area contributed by atoms with Gasteiger partial charge in [-0.3, -0.25) is 4.79 Å². The lowest BCUT2D eigenvalue weighted by molar-refractivity contribution is -0.137. The number of hydrogen-bond acceptors (Lipinski definition) is 1. The Morgan fingerprint density at radius 2 is 2.14 bits per heavy atom. The Labute approximate surface area is 86.0 Å². The maximum atomic E-state index is 10.6. The van der Waals surface area contributed by atoms with Gasteiger partial charge in [0.25, 0.3) is 0 Å². The molecule has 0 aromatic rings. The lowest BCUT2D eigenvalue weighted by Gasteiger charge is -2.34. The third-order valence-electron chi connectivity index (χ3n) is 3.08. The van der Waals surface area contributed by atoms with Crippen molar-refractivity contribution in [1.29, 1.82) is 0 Å². The van der Waals surface area contributed by atoms with Gasteiger partial charge in [0.05, 0.1) is 6.42 Å².